The molecule has 4 aliphatic rings. The molecule has 0 spiro atoms. The summed E-state index contributed by atoms with van der Waals surface area (Å²) in [6.07, 6.45) is 8.48. The smallest absolute Gasteiger partial charge is 0.173 e. The lowest BCUT2D eigenvalue weighted by Gasteiger charge is -2.60. The molecular weight excluding hydrogens is 300 g/mol. The van der Waals surface area contributed by atoms with Crippen LogP contribution in [-0.4, -0.2) is 22.6 Å². The van der Waals surface area contributed by atoms with Crippen LogP contribution in [0.25, 0.3) is 0 Å². The van der Waals surface area contributed by atoms with Crippen LogP contribution in [0.4, 0.5) is 5.69 Å². The second-order valence-corrected chi connectivity index (χ2v) is 8.89. The first-order valence-corrected chi connectivity index (χ1v) is 9.47. The third-order valence-corrected chi connectivity index (χ3v) is 6.87. The van der Waals surface area contributed by atoms with Gasteiger partial charge in [0.25, 0.3) is 0 Å². The number of hydrogen-bond acceptors (Lipinski definition) is 1. The highest BCUT2D eigenvalue weighted by Crippen LogP contribution is 2.57. The third kappa shape index (κ3) is 2.77. The van der Waals surface area contributed by atoms with Crippen molar-refractivity contribution in [3.05, 3.63) is 29.3 Å². The molecule has 0 aliphatic heterocycles. The SMILES string of the molecule is Cc1cc(C)cc(NC(=S)N(C)C23CC4CC(CC(C4)C2)C3)c1. The van der Waals surface area contributed by atoms with E-state index in [-0.39, 0.29) is 0 Å². The van der Waals surface area contributed by atoms with Gasteiger partial charge in [-0.3, -0.25) is 0 Å². The van der Waals surface area contributed by atoms with Gasteiger partial charge < -0.3 is 10.2 Å². The molecular formula is C20H28N2S. The Balaban J connectivity index is 1.52. The number of nitrogens with zero attached hydrogens (tertiary/aromatic N) is 1. The molecule has 0 atom stereocenters. The summed E-state index contributed by atoms with van der Waals surface area (Å²) in [5.74, 6) is 2.85. The molecule has 0 aromatic heterocycles. The monoisotopic (exact) mass is 328 g/mol. The zero-order valence-electron chi connectivity index (χ0n) is 14.6. The Morgan fingerprint density at radius 3 is 1.96 bits per heavy atom. The molecule has 4 fully saturated rings. The fourth-order valence-corrected chi connectivity index (χ4v) is 6.26. The van der Waals surface area contributed by atoms with Gasteiger partial charge in [-0.25, -0.2) is 0 Å². The molecule has 5 rings (SSSR count). The predicted octanol–water partition coefficient (Wildman–Crippen LogP) is 4.90. The Labute approximate surface area is 145 Å². The van der Waals surface area contributed by atoms with Crippen LogP contribution in [0.5, 0.6) is 0 Å². The normalized spacial score (nSPS) is 34.5. The van der Waals surface area contributed by atoms with Crippen molar-refractivity contribution >= 4 is 23.0 Å². The molecule has 3 heteroatoms. The number of aryl methyl sites for hydroxylation is 2. The van der Waals surface area contributed by atoms with Gasteiger partial charge in [-0.1, -0.05) is 6.07 Å². The van der Waals surface area contributed by atoms with E-state index in [9.17, 15) is 0 Å². The highest BCUT2D eigenvalue weighted by atomic mass is 32.1. The van der Waals surface area contributed by atoms with E-state index in [1.165, 1.54) is 49.7 Å². The van der Waals surface area contributed by atoms with Gasteiger partial charge in [-0.2, -0.15) is 0 Å². The van der Waals surface area contributed by atoms with Gasteiger partial charge in [0.15, 0.2) is 5.11 Å². The molecule has 23 heavy (non-hydrogen) atoms. The Hall–Kier alpha value is -1.09. The summed E-state index contributed by atoms with van der Waals surface area (Å²) in [6, 6.07) is 6.58. The molecule has 0 radical (unpaired) electrons. The van der Waals surface area contributed by atoms with E-state index in [0.717, 1.165) is 28.6 Å². The number of rotatable bonds is 2. The molecule has 1 N–H and O–H groups in total. The summed E-state index contributed by atoms with van der Waals surface area (Å²) < 4.78 is 0. The minimum Gasteiger partial charge on any atom is -0.346 e. The van der Waals surface area contributed by atoms with Crippen LogP contribution < -0.4 is 5.32 Å². The van der Waals surface area contributed by atoms with Crippen LogP contribution in [0.15, 0.2) is 18.2 Å². The van der Waals surface area contributed by atoms with E-state index in [2.05, 4.69) is 49.3 Å². The highest BCUT2D eigenvalue weighted by Gasteiger charge is 2.53. The molecule has 0 saturated heterocycles. The summed E-state index contributed by atoms with van der Waals surface area (Å²) >= 11 is 5.80. The van der Waals surface area contributed by atoms with E-state index in [4.69, 9.17) is 12.2 Å². The lowest BCUT2D eigenvalue weighted by molar-refractivity contribution is -0.0538. The van der Waals surface area contributed by atoms with E-state index >= 15 is 0 Å². The Bertz CT molecular complexity index is 581. The van der Waals surface area contributed by atoms with E-state index < -0.39 is 0 Å². The molecule has 0 unspecified atom stereocenters. The van der Waals surface area contributed by atoms with Gasteiger partial charge in [-0.05, 0) is 106 Å². The molecule has 124 valence electrons. The molecule has 0 heterocycles. The van der Waals surface area contributed by atoms with Crippen molar-refractivity contribution in [1.82, 2.24) is 4.90 Å². The minimum absolute atomic E-state index is 0.331. The van der Waals surface area contributed by atoms with Crippen LogP contribution in [0, 0.1) is 31.6 Å². The summed E-state index contributed by atoms with van der Waals surface area (Å²) in [6.45, 7) is 4.29. The average Bonchev–Trinajstić information content (AvgIpc) is 2.43. The maximum atomic E-state index is 5.80. The lowest BCUT2D eigenvalue weighted by atomic mass is 9.52. The molecule has 4 aliphatic carbocycles. The zero-order valence-corrected chi connectivity index (χ0v) is 15.4. The molecule has 0 amide bonds. The molecule has 4 saturated carbocycles. The lowest BCUT2D eigenvalue weighted by Crippen LogP contribution is -2.60. The first-order valence-electron chi connectivity index (χ1n) is 9.07. The van der Waals surface area contributed by atoms with Crippen molar-refractivity contribution in [1.29, 1.82) is 0 Å². The predicted molar refractivity (Wildman–Crippen MR) is 101 cm³/mol. The number of hydrogen-bond donors (Lipinski definition) is 1. The summed E-state index contributed by atoms with van der Waals surface area (Å²) in [5, 5.41) is 4.41. The van der Waals surface area contributed by atoms with Crippen LogP contribution in [0.1, 0.15) is 49.7 Å². The molecule has 1 aromatic rings. The van der Waals surface area contributed by atoms with Gasteiger partial charge in [0.05, 0.1) is 0 Å². The van der Waals surface area contributed by atoms with Crippen molar-refractivity contribution < 1.29 is 0 Å². The molecule has 2 nitrogen and oxygen atoms in total. The number of nitrogens with one attached hydrogen (secondary N) is 1. The van der Waals surface area contributed by atoms with E-state index in [1.54, 1.807) is 0 Å². The van der Waals surface area contributed by atoms with E-state index in [0.29, 0.717) is 5.54 Å². The number of thiocarbonyl (C=S) groups is 1. The zero-order chi connectivity index (χ0) is 16.2. The average molecular weight is 329 g/mol. The number of benzene rings is 1. The highest BCUT2D eigenvalue weighted by molar-refractivity contribution is 7.80. The maximum Gasteiger partial charge on any atom is 0.173 e. The van der Waals surface area contributed by atoms with Crippen LogP contribution in [0.2, 0.25) is 0 Å². The topological polar surface area (TPSA) is 15.3 Å². The Kier molecular flexibility index (Phi) is 3.67. The van der Waals surface area contributed by atoms with Crippen molar-refractivity contribution in [3.8, 4) is 0 Å². The van der Waals surface area contributed by atoms with Crippen LogP contribution in [0.3, 0.4) is 0 Å². The van der Waals surface area contributed by atoms with Crippen molar-refractivity contribution in [3.63, 3.8) is 0 Å². The van der Waals surface area contributed by atoms with Gasteiger partial charge >= 0.3 is 0 Å². The Morgan fingerprint density at radius 2 is 1.48 bits per heavy atom. The first-order chi connectivity index (χ1) is 10.9. The van der Waals surface area contributed by atoms with Gasteiger partial charge in [0.1, 0.15) is 0 Å². The first kappa shape index (κ1) is 15.4. The fourth-order valence-electron chi connectivity index (χ4n) is 5.95. The minimum atomic E-state index is 0.331. The summed E-state index contributed by atoms with van der Waals surface area (Å²) in [4.78, 5) is 2.42. The number of anilines is 1. The largest absolute Gasteiger partial charge is 0.346 e. The van der Waals surface area contributed by atoms with Crippen molar-refractivity contribution in [2.24, 2.45) is 17.8 Å². The van der Waals surface area contributed by atoms with Gasteiger partial charge in [0, 0.05) is 18.3 Å². The molecule has 4 bridgehead atoms. The van der Waals surface area contributed by atoms with Crippen molar-refractivity contribution in [2.45, 2.75) is 57.9 Å². The quantitative estimate of drug-likeness (QED) is 0.777. The van der Waals surface area contributed by atoms with Crippen LogP contribution in [-0.2, 0) is 0 Å². The second kappa shape index (κ2) is 5.47. The third-order valence-electron chi connectivity index (χ3n) is 6.50. The summed E-state index contributed by atoms with van der Waals surface area (Å²) in [7, 11) is 2.23. The standard InChI is InChI=1S/C20H28N2S/c1-13-4-14(2)6-18(5-13)21-19(23)22(3)20-10-15-7-16(11-20)9-17(8-15)12-20/h4-6,15-17H,7-12H2,1-3H3,(H,21,23). The van der Waals surface area contributed by atoms with Crippen molar-refractivity contribution in [2.75, 3.05) is 12.4 Å². The summed E-state index contributed by atoms with van der Waals surface area (Å²) in [5.41, 5.74) is 4.03. The maximum absolute atomic E-state index is 5.80. The van der Waals surface area contributed by atoms with Gasteiger partial charge in [0.2, 0.25) is 0 Å². The Morgan fingerprint density at radius 1 is 1.00 bits per heavy atom. The van der Waals surface area contributed by atoms with E-state index in [1.807, 2.05) is 0 Å². The fraction of sp³-hybridized carbons (Fsp3) is 0.650. The second-order valence-electron chi connectivity index (χ2n) is 8.51. The molecule has 1 aromatic carbocycles. The van der Waals surface area contributed by atoms with Crippen LogP contribution >= 0.6 is 12.2 Å². The van der Waals surface area contributed by atoms with Gasteiger partial charge in [-0.15, -0.1) is 0 Å².